The third kappa shape index (κ3) is 8.29. The van der Waals surface area contributed by atoms with Crippen molar-refractivity contribution in [2.45, 2.75) is 33.6 Å². The number of allylic oxidation sites excluding steroid dienone is 3. The van der Waals surface area contributed by atoms with E-state index in [0.717, 1.165) is 12.8 Å². The molecule has 0 aliphatic rings. The van der Waals surface area contributed by atoms with Crippen molar-refractivity contribution in [3.8, 4) is 11.5 Å². The second-order valence-corrected chi connectivity index (χ2v) is 7.94. The summed E-state index contributed by atoms with van der Waals surface area (Å²) in [5.41, 5.74) is 2.47. The Labute approximate surface area is 162 Å². The predicted molar refractivity (Wildman–Crippen MR) is 110 cm³/mol. The van der Waals surface area contributed by atoms with Gasteiger partial charge in [-0.15, -0.1) is 0 Å². The molecule has 0 aliphatic carbocycles. The summed E-state index contributed by atoms with van der Waals surface area (Å²) in [5, 5.41) is 0. The van der Waals surface area contributed by atoms with E-state index in [1.165, 1.54) is 11.1 Å². The van der Waals surface area contributed by atoms with Crippen molar-refractivity contribution in [3.05, 3.63) is 84.0 Å². The van der Waals surface area contributed by atoms with Crippen LogP contribution in [0.3, 0.4) is 0 Å². The van der Waals surface area contributed by atoms with Gasteiger partial charge in [0.2, 0.25) is 0 Å². The molecule has 0 bridgehead atoms. The summed E-state index contributed by atoms with van der Waals surface area (Å²) in [6.07, 6.45) is 6.01. The Hall–Kier alpha value is -2.29. The van der Waals surface area contributed by atoms with E-state index in [4.69, 9.17) is 13.6 Å². The van der Waals surface area contributed by atoms with Crippen molar-refractivity contribution in [1.29, 1.82) is 0 Å². The summed E-state index contributed by atoms with van der Waals surface area (Å²) < 4.78 is 29.8. The van der Waals surface area contributed by atoms with Crippen molar-refractivity contribution in [2.24, 2.45) is 0 Å². The monoisotopic (exact) mass is 386 g/mol. The molecule has 0 aliphatic heterocycles. The van der Waals surface area contributed by atoms with Gasteiger partial charge in [0, 0.05) is 0 Å². The molecular formula is C22H27O4P. The van der Waals surface area contributed by atoms with Crippen LogP contribution in [0.5, 0.6) is 11.5 Å². The minimum atomic E-state index is -3.82. The largest absolute Gasteiger partial charge is 0.587 e. The molecule has 2 aromatic carbocycles. The van der Waals surface area contributed by atoms with Gasteiger partial charge < -0.3 is 9.05 Å². The molecule has 5 heteroatoms. The molecule has 144 valence electrons. The molecule has 0 radical (unpaired) electrons. The molecule has 2 aromatic rings. The third-order valence-corrected chi connectivity index (χ3v) is 5.01. The fourth-order valence-corrected chi connectivity index (χ4v) is 3.41. The number of hydrogen-bond donors (Lipinski definition) is 0. The van der Waals surface area contributed by atoms with Gasteiger partial charge in [-0.2, -0.15) is 0 Å². The van der Waals surface area contributed by atoms with Gasteiger partial charge in [0.05, 0.1) is 6.61 Å². The number of benzene rings is 2. The lowest BCUT2D eigenvalue weighted by Crippen LogP contribution is -2.05. The molecule has 0 unspecified atom stereocenters. The zero-order valence-electron chi connectivity index (χ0n) is 16.1. The molecule has 0 heterocycles. The first-order valence-electron chi connectivity index (χ1n) is 9.00. The molecule has 0 spiro atoms. The number of hydrogen-bond acceptors (Lipinski definition) is 4. The summed E-state index contributed by atoms with van der Waals surface area (Å²) in [7, 11) is -3.82. The number of phosphoric ester groups is 1. The number of phosphoric acid groups is 1. The smallest absolute Gasteiger partial charge is 0.395 e. The molecule has 0 atom stereocenters. The fourth-order valence-electron chi connectivity index (χ4n) is 2.25. The second kappa shape index (κ2) is 10.8. The van der Waals surface area contributed by atoms with E-state index in [1.54, 1.807) is 48.5 Å². The third-order valence-electron chi connectivity index (χ3n) is 3.68. The topological polar surface area (TPSA) is 44.8 Å². The minimum absolute atomic E-state index is 0.150. The lowest BCUT2D eigenvalue weighted by molar-refractivity contribution is 0.229. The first-order chi connectivity index (χ1) is 13.0. The average molecular weight is 386 g/mol. The Morgan fingerprint density at radius 1 is 0.852 bits per heavy atom. The van der Waals surface area contributed by atoms with Gasteiger partial charge in [-0.1, -0.05) is 59.7 Å². The number of para-hydroxylation sites is 2. The van der Waals surface area contributed by atoms with E-state index >= 15 is 0 Å². The summed E-state index contributed by atoms with van der Waals surface area (Å²) >= 11 is 0. The molecule has 0 N–H and O–H groups in total. The van der Waals surface area contributed by atoms with Crippen LogP contribution in [0.1, 0.15) is 33.6 Å². The maximum absolute atomic E-state index is 13.1. The quantitative estimate of drug-likeness (QED) is 0.327. The second-order valence-electron chi connectivity index (χ2n) is 6.42. The first-order valence-corrected chi connectivity index (χ1v) is 10.5. The summed E-state index contributed by atoms with van der Waals surface area (Å²) in [6, 6.07) is 17.8. The van der Waals surface area contributed by atoms with Crippen molar-refractivity contribution < 1.29 is 18.1 Å². The lowest BCUT2D eigenvalue weighted by Gasteiger charge is -2.18. The molecule has 4 nitrogen and oxygen atoms in total. The van der Waals surface area contributed by atoms with Crippen LogP contribution in [0.15, 0.2) is 84.0 Å². The van der Waals surface area contributed by atoms with Gasteiger partial charge in [-0.3, -0.25) is 4.52 Å². The molecule has 0 saturated heterocycles. The van der Waals surface area contributed by atoms with E-state index in [0.29, 0.717) is 11.5 Å². The van der Waals surface area contributed by atoms with Crippen LogP contribution in [0.25, 0.3) is 0 Å². The van der Waals surface area contributed by atoms with Crippen molar-refractivity contribution in [3.63, 3.8) is 0 Å². The van der Waals surface area contributed by atoms with Gasteiger partial charge in [0.1, 0.15) is 11.5 Å². The molecule has 2 rings (SSSR count). The summed E-state index contributed by atoms with van der Waals surface area (Å²) in [4.78, 5) is 0. The van der Waals surface area contributed by atoms with Gasteiger partial charge >= 0.3 is 7.82 Å². The van der Waals surface area contributed by atoms with E-state index in [2.05, 4.69) is 19.9 Å². The van der Waals surface area contributed by atoms with Gasteiger partial charge in [0.25, 0.3) is 0 Å². The van der Waals surface area contributed by atoms with Gasteiger partial charge in [0.15, 0.2) is 0 Å². The highest BCUT2D eigenvalue weighted by atomic mass is 31.2. The molecule has 27 heavy (non-hydrogen) atoms. The molecule has 0 amide bonds. The average Bonchev–Trinajstić information content (AvgIpc) is 2.63. The van der Waals surface area contributed by atoms with Crippen LogP contribution < -0.4 is 9.05 Å². The Morgan fingerprint density at radius 2 is 1.37 bits per heavy atom. The Balaban J connectivity index is 2.03. The van der Waals surface area contributed by atoms with E-state index < -0.39 is 7.82 Å². The van der Waals surface area contributed by atoms with Crippen LogP contribution in [0.2, 0.25) is 0 Å². The maximum Gasteiger partial charge on any atom is 0.587 e. The number of rotatable bonds is 10. The van der Waals surface area contributed by atoms with Gasteiger partial charge in [-0.05, 0) is 57.9 Å². The van der Waals surface area contributed by atoms with Crippen LogP contribution >= 0.6 is 7.82 Å². The first kappa shape index (κ1) is 21.0. The standard InChI is InChI=1S/C22H27O4P/c1-19(2)11-10-12-20(3)17-18-24-27(23,25-21-13-6-4-7-14-21)26-22-15-8-5-9-16-22/h4-9,11,13-17H,10,12,18H2,1-3H3/b20-17+. The Morgan fingerprint density at radius 3 is 1.85 bits per heavy atom. The molecule has 0 fully saturated rings. The summed E-state index contributed by atoms with van der Waals surface area (Å²) in [6.45, 7) is 6.35. The highest BCUT2D eigenvalue weighted by molar-refractivity contribution is 7.49. The van der Waals surface area contributed by atoms with E-state index in [9.17, 15) is 4.57 Å². The van der Waals surface area contributed by atoms with Crippen LogP contribution in [0.4, 0.5) is 0 Å². The van der Waals surface area contributed by atoms with E-state index in [1.807, 2.05) is 25.1 Å². The van der Waals surface area contributed by atoms with Gasteiger partial charge in [-0.25, -0.2) is 4.57 Å². The minimum Gasteiger partial charge on any atom is -0.395 e. The summed E-state index contributed by atoms with van der Waals surface area (Å²) in [5.74, 6) is 0.863. The highest BCUT2D eigenvalue weighted by Gasteiger charge is 2.30. The van der Waals surface area contributed by atoms with E-state index in [-0.39, 0.29) is 6.61 Å². The van der Waals surface area contributed by atoms with Crippen LogP contribution in [-0.4, -0.2) is 6.61 Å². The maximum atomic E-state index is 13.1. The van der Waals surface area contributed by atoms with Crippen molar-refractivity contribution in [2.75, 3.05) is 6.61 Å². The zero-order chi connectivity index (χ0) is 19.5. The highest BCUT2D eigenvalue weighted by Crippen LogP contribution is 2.49. The Kier molecular flexibility index (Phi) is 8.38. The predicted octanol–water partition coefficient (Wildman–Crippen LogP) is 6.96. The SMILES string of the molecule is CC(C)=CCC/C(C)=C/COP(=O)(Oc1ccccc1)Oc1ccccc1. The lowest BCUT2D eigenvalue weighted by atomic mass is 10.1. The molecule has 0 saturated carbocycles. The Bertz CT molecular complexity index is 748. The van der Waals surface area contributed by atoms with Crippen LogP contribution in [-0.2, 0) is 9.09 Å². The van der Waals surface area contributed by atoms with Crippen molar-refractivity contribution >= 4 is 7.82 Å². The van der Waals surface area contributed by atoms with Crippen LogP contribution in [0, 0.1) is 0 Å². The molecule has 0 aromatic heterocycles. The normalized spacial score (nSPS) is 11.7. The van der Waals surface area contributed by atoms with Crippen molar-refractivity contribution in [1.82, 2.24) is 0 Å². The zero-order valence-corrected chi connectivity index (χ0v) is 17.0. The molecular weight excluding hydrogens is 359 g/mol. The fraction of sp³-hybridized carbons (Fsp3) is 0.273.